The molecule has 0 bridgehead atoms. The van der Waals surface area contributed by atoms with E-state index in [2.05, 4.69) is 15.8 Å². The van der Waals surface area contributed by atoms with Crippen LogP contribution in [0.2, 0.25) is 5.02 Å². The van der Waals surface area contributed by atoms with Crippen molar-refractivity contribution in [3.8, 4) is 0 Å². The average molecular weight is 374 g/mol. The molecule has 0 radical (unpaired) electrons. The van der Waals surface area contributed by atoms with Crippen molar-refractivity contribution in [1.82, 2.24) is 10.7 Å². The minimum atomic E-state index is -0.571. The maximum atomic E-state index is 12.2. The molecule has 0 aromatic heterocycles. The summed E-state index contributed by atoms with van der Waals surface area (Å²) in [4.78, 5) is 23.9. The fraction of sp³-hybridized carbons (Fsp3) is 0.211. The maximum Gasteiger partial charge on any atom is 0.407 e. The molecule has 2 aromatic carbocycles. The van der Waals surface area contributed by atoms with Crippen LogP contribution < -0.4 is 10.7 Å². The lowest BCUT2D eigenvalue weighted by Crippen LogP contribution is -2.33. The predicted molar refractivity (Wildman–Crippen MR) is 101 cm³/mol. The summed E-state index contributed by atoms with van der Waals surface area (Å²) in [7, 11) is 0. The Morgan fingerprint density at radius 2 is 1.85 bits per heavy atom. The highest BCUT2D eigenvalue weighted by Crippen LogP contribution is 2.16. The molecule has 2 N–H and O–H groups in total. The second kappa shape index (κ2) is 10.2. The summed E-state index contributed by atoms with van der Waals surface area (Å²) < 4.78 is 4.90. The Morgan fingerprint density at radius 1 is 1.15 bits per heavy atom. The van der Waals surface area contributed by atoms with Gasteiger partial charge < -0.3 is 10.1 Å². The van der Waals surface area contributed by atoms with E-state index in [1.807, 2.05) is 30.3 Å². The van der Waals surface area contributed by atoms with E-state index in [4.69, 9.17) is 16.3 Å². The third kappa shape index (κ3) is 6.57. The van der Waals surface area contributed by atoms with Gasteiger partial charge in [0.2, 0.25) is 5.91 Å². The Kier molecular flexibility index (Phi) is 7.64. The van der Waals surface area contributed by atoms with Crippen molar-refractivity contribution in [2.24, 2.45) is 5.10 Å². The van der Waals surface area contributed by atoms with Gasteiger partial charge in [-0.1, -0.05) is 54.1 Å². The van der Waals surface area contributed by atoms with Gasteiger partial charge in [0.25, 0.3) is 0 Å². The minimum Gasteiger partial charge on any atom is -0.450 e. The van der Waals surface area contributed by atoms with E-state index in [1.54, 1.807) is 31.2 Å². The van der Waals surface area contributed by atoms with E-state index < -0.39 is 12.1 Å². The van der Waals surface area contributed by atoms with Crippen LogP contribution in [-0.2, 0) is 9.53 Å². The number of nitrogens with zero attached hydrogens (tertiary/aromatic N) is 1. The topological polar surface area (TPSA) is 79.8 Å². The number of amides is 2. The van der Waals surface area contributed by atoms with E-state index >= 15 is 0 Å². The number of carbonyl (C=O) groups is 2. The summed E-state index contributed by atoms with van der Waals surface area (Å²) in [6.45, 7) is 1.97. The molecule has 0 fully saturated rings. The van der Waals surface area contributed by atoms with Crippen molar-refractivity contribution >= 4 is 29.8 Å². The third-order valence-electron chi connectivity index (χ3n) is 3.43. The van der Waals surface area contributed by atoms with Gasteiger partial charge >= 0.3 is 6.09 Å². The number of carbonyl (C=O) groups excluding carboxylic acids is 2. The highest BCUT2D eigenvalue weighted by molar-refractivity contribution is 6.30. The summed E-state index contributed by atoms with van der Waals surface area (Å²) in [6.07, 6.45) is 0.976. The van der Waals surface area contributed by atoms with Crippen molar-refractivity contribution in [2.45, 2.75) is 19.4 Å². The molecule has 26 heavy (non-hydrogen) atoms. The molecule has 0 unspecified atom stereocenters. The molecular formula is C19H20ClN3O3. The van der Waals surface area contributed by atoms with Gasteiger partial charge in [-0.05, 0) is 30.2 Å². The molecule has 0 aliphatic heterocycles. The van der Waals surface area contributed by atoms with Gasteiger partial charge in [-0.2, -0.15) is 5.10 Å². The van der Waals surface area contributed by atoms with Crippen LogP contribution in [0, 0.1) is 0 Å². The largest absolute Gasteiger partial charge is 0.450 e. The SMILES string of the molecule is CCOC(=O)N[C@@H](CC(=O)N/N=C\c1ccc(Cl)cc1)c1ccccc1. The predicted octanol–water partition coefficient (Wildman–Crippen LogP) is 3.67. The summed E-state index contributed by atoms with van der Waals surface area (Å²) in [5.74, 6) is -0.333. The normalized spacial score (nSPS) is 11.8. The molecular weight excluding hydrogens is 354 g/mol. The summed E-state index contributed by atoms with van der Waals surface area (Å²) in [5.41, 5.74) is 4.06. The van der Waals surface area contributed by atoms with Crippen LogP contribution in [0.4, 0.5) is 4.79 Å². The number of ether oxygens (including phenoxy) is 1. The lowest BCUT2D eigenvalue weighted by atomic mass is 10.0. The van der Waals surface area contributed by atoms with Gasteiger partial charge in [-0.25, -0.2) is 10.2 Å². The Labute approximate surface area is 157 Å². The third-order valence-corrected chi connectivity index (χ3v) is 3.68. The van der Waals surface area contributed by atoms with Crippen LogP contribution >= 0.6 is 11.6 Å². The molecule has 6 nitrogen and oxygen atoms in total. The summed E-state index contributed by atoms with van der Waals surface area (Å²) in [6, 6.07) is 15.7. The van der Waals surface area contributed by atoms with Crippen LogP contribution in [0.25, 0.3) is 0 Å². The molecule has 2 aromatic rings. The van der Waals surface area contributed by atoms with Gasteiger partial charge in [0.05, 0.1) is 25.3 Å². The van der Waals surface area contributed by atoms with Crippen molar-refractivity contribution in [1.29, 1.82) is 0 Å². The van der Waals surface area contributed by atoms with Gasteiger partial charge in [0.15, 0.2) is 0 Å². The van der Waals surface area contributed by atoms with E-state index in [1.165, 1.54) is 6.21 Å². The van der Waals surface area contributed by atoms with Crippen molar-refractivity contribution in [3.63, 3.8) is 0 Å². The number of hydrazone groups is 1. The van der Waals surface area contributed by atoms with Crippen LogP contribution in [0.3, 0.4) is 0 Å². The first kappa shape index (κ1) is 19.5. The first-order valence-corrected chi connectivity index (χ1v) is 8.52. The highest BCUT2D eigenvalue weighted by Gasteiger charge is 2.18. The number of hydrogen-bond acceptors (Lipinski definition) is 4. The quantitative estimate of drug-likeness (QED) is 0.574. The van der Waals surface area contributed by atoms with Crippen LogP contribution in [0.5, 0.6) is 0 Å². The van der Waals surface area contributed by atoms with Crippen LogP contribution in [-0.4, -0.2) is 24.8 Å². The smallest absolute Gasteiger partial charge is 0.407 e. The number of rotatable bonds is 7. The lowest BCUT2D eigenvalue weighted by Gasteiger charge is -2.18. The van der Waals surface area contributed by atoms with E-state index in [0.717, 1.165) is 11.1 Å². The average Bonchev–Trinajstić information content (AvgIpc) is 2.64. The van der Waals surface area contributed by atoms with E-state index in [9.17, 15) is 9.59 Å². The van der Waals surface area contributed by atoms with Gasteiger partial charge in [0.1, 0.15) is 0 Å². The zero-order valence-corrected chi connectivity index (χ0v) is 15.1. The van der Waals surface area contributed by atoms with E-state index in [0.29, 0.717) is 5.02 Å². The summed E-state index contributed by atoms with van der Waals surface area (Å²) in [5, 5.41) is 7.24. The van der Waals surface area contributed by atoms with Gasteiger partial charge in [-0.3, -0.25) is 4.79 Å². The zero-order valence-electron chi connectivity index (χ0n) is 14.3. The number of benzene rings is 2. The molecule has 1 atom stereocenters. The number of nitrogens with one attached hydrogen (secondary N) is 2. The van der Waals surface area contributed by atoms with Crippen molar-refractivity contribution in [2.75, 3.05) is 6.61 Å². The first-order chi connectivity index (χ1) is 12.6. The van der Waals surface area contributed by atoms with Gasteiger partial charge in [-0.15, -0.1) is 0 Å². The van der Waals surface area contributed by atoms with Crippen LogP contribution in [0.15, 0.2) is 59.7 Å². The van der Waals surface area contributed by atoms with Crippen LogP contribution in [0.1, 0.15) is 30.5 Å². The highest BCUT2D eigenvalue weighted by atomic mass is 35.5. The number of hydrogen-bond donors (Lipinski definition) is 2. The maximum absolute atomic E-state index is 12.2. The second-order valence-corrected chi connectivity index (χ2v) is 5.81. The summed E-state index contributed by atoms with van der Waals surface area (Å²) >= 11 is 5.82. The molecule has 0 aliphatic rings. The fourth-order valence-electron chi connectivity index (χ4n) is 2.21. The van der Waals surface area contributed by atoms with Crippen molar-refractivity contribution < 1.29 is 14.3 Å². The molecule has 0 spiro atoms. The van der Waals surface area contributed by atoms with Crippen molar-refractivity contribution in [3.05, 3.63) is 70.7 Å². The standard InChI is InChI=1S/C19H20ClN3O3/c1-2-26-19(25)22-17(15-6-4-3-5-7-15)12-18(24)23-21-13-14-8-10-16(20)11-9-14/h3-11,13,17H,2,12H2,1H3,(H,22,25)(H,23,24)/b21-13-/t17-/m0/s1. The molecule has 136 valence electrons. The second-order valence-electron chi connectivity index (χ2n) is 5.38. The monoisotopic (exact) mass is 373 g/mol. The Bertz CT molecular complexity index is 748. The molecule has 0 aliphatic carbocycles. The fourth-order valence-corrected chi connectivity index (χ4v) is 2.34. The molecule has 2 amide bonds. The Morgan fingerprint density at radius 3 is 2.50 bits per heavy atom. The molecule has 0 saturated heterocycles. The molecule has 7 heteroatoms. The molecule has 0 saturated carbocycles. The minimum absolute atomic E-state index is 0.0286. The van der Waals surface area contributed by atoms with E-state index in [-0.39, 0.29) is 18.9 Å². The van der Waals surface area contributed by atoms with Gasteiger partial charge in [0, 0.05) is 5.02 Å². The lowest BCUT2D eigenvalue weighted by molar-refractivity contribution is -0.121. The Hall–Kier alpha value is -2.86. The zero-order chi connectivity index (χ0) is 18.8. The number of halogens is 1. The molecule has 2 rings (SSSR count). The molecule has 0 heterocycles. The Balaban J connectivity index is 1.96. The number of alkyl carbamates (subject to hydrolysis) is 1. The first-order valence-electron chi connectivity index (χ1n) is 8.14.